The maximum Gasteiger partial charge on any atom is 0.230 e. The Morgan fingerprint density at radius 1 is 1.28 bits per heavy atom. The lowest BCUT2D eigenvalue weighted by Gasteiger charge is -2.35. The summed E-state index contributed by atoms with van der Waals surface area (Å²) in [5, 5.41) is 2.98. The third-order valence-electron chi connectivity index (χ3n) is 4.64. The van der Waals surface area contributed by atoms with E-state index in [0.29, 0.717) is 56.8 Å². The highest BCUT2D eigenvalue weighted by atomic mass is 16.5. The van der Waals surface area contributed by atoms with Crippen molar-refractivity contribution in [2.75, 3.05) is 56.7 Å². The van der Waals surface area contributed by atoms with Gasteiger partial charge >= 0.3 is 0 Å². The number of carbonyl (C=O) groups excluding carboxylic acids is 2. The van der Waals surface area contributed by atoms with Crippen molar-refractivity contribution in [3.8, 4) is 5.88 Å². The first-order chi connectivity index (χ1) is 12.1. The molecule has 136 valence electrons. The molecule has 1 N–H and O–H groups in total. The van der Waals surface area contributed by atoms with Crippen molar-refractivity contribution < 1.29 is 19.1 Å². The Balaban J connectivity index is 1.76. The van der Waals surface area contributed by atoms with E-state index in [1.807, 2.05) is 11.0 Å². The van der Waals surface area contributed by atoms with Gasteiger partial charge in [-0.15, -0.1) is 0 Å². The molecule has 2 aliphatic rings. The zero-order valence-electron chi connectivity index (χ0n) is 14.7. The van der Waals surface area contributed by atoms with Crippen molar-refractivity contribution in [1.29, 1.82) is 0 Å². The summed E-state index contributed by atoms with van der Waals surface area (Å²) in [6.07, 6.45) is 0.738. The van der Waals surface area contributed by atoms with Gasteiger partial charge in [-0.1, -0.05) is 0 Å². The lowest BCUT2D eigenvalue weighted by atomic mass is 10.1. The number of hydrogen-bond acceptors (Lipinski definition) is 6. The van der Waals surface area contributed by atoms with Crippen LogP contribution in [0.1, 0.15) is 13.3 Å². The number of aromatic nitrogens is 1. The molecule has 1 aromatic heterocycles. The first-order valence-electron chi connectivity index (χ1n) is 8.52. The van der Waals surface area contributed by atoms with Gasteiger partial charge in [0.25, 0.3) is 0 Å². The molecule has 0 aromatic carbocycles. The van der Waals surface area contributed by atoms with Gasteiger partial charge in [-0.2, -0.15) is 4.98 Å². The minimum Gasteiger partial charge on any atom is -0.481 e. The van der Waals surface area contributed by atoms with Crippen molar-refractivity contribution in [3.05, 3.63) is 12.1 Å². The van der Waals surface area contributed by atoms with E-state index in [0.717, 1.165) is 6.42 Å². The molecule has 3 heterocycles. The number of hydrogen-bond donors (Lipinski definition) is 1. The Kier molecular flexibility index (Phi) is 5.37. The fourth-order valence-corrected chi connectivity index (χ4v) is 3.09. The van der Waals surface area contributed by atoms with Gasteiger partial charge in [-0.3, -0.25) is 9.59 Å². The molecule has 0 radical (unpaired) electrons. The molecule has 2 aliphatic heterocycles. The average molecular weight is 348 g/mol. The Bertz CT molecular complexity index is 638. The lowest BCUT2D eigenvalue weighted by molar-refractivity contribution is -0.129. The summed E-state index contributed by atoms with van der Waals surface area (Å²) in [7, 11) is 1.56. The minimum atomic E-state index is -0.121. The van der Waals surface area contributed by atoms with E-state index in [1.165, 1.54) is 0 Å². The molecular weight excluding hydrogens is 324 g/mol. The van der Waals surface area contributed by atoms with Gasteiger partial charge in [0, 0.05) is 45.8 Å². The summed E-state index contributed by atoms with van der Waals surface area (Å²) in [4.78, 5) is 32.3. The topological polar surface area (TPSA) is 84.0 Å². The Morgan fingerprint density at radius 3 is 2.64 bits per heavy atom. The van der Waals surface area contributed by atoms with Crippen LogP contribution in [0.5, 0.6) is 5.88 Å². The van der Waals surface area contributed by atoms with Crippen LogP contribution in [0.3, 0.4) is 0 Å². The second-order valence-corrected chi connectivity index (χ2v) is 6.27. The Labute approximate surface area is 147 Å². The molecular formula is C17H24N4O4. The summed E-state index contributed by atoms with van der Waals surface area (Å²) >= 11 is 0. The summed E-state index contributed by atoms with van der Waals surface area (Å²) in [5.41, 5.74) is 0.661. The summed E-state index contributed by atoms with van der Waals surface area (Å²) in [6, 6.07) is 3.54. The van der Waals surface area contributed by atoms with Crippen molar-refractivity contribution in [2.45, 2.75) is 13.3 Å². The zero-order chi connectivity index (χ0) is 17.8. The van der Waals surface area contributed by atoms with E-state index < -0.39 is 0 Å². The van der Waals surface area contributed by atoms with Crippen LogP contribution in [-0.2, 0) is 14.3 Å². The van der Waals surface area contributed by atoms with E-state index in [4.69, 9.17) is 9.47 Å². The number of nitrogens with zero attached hydrogens (tertiary/aromatic N) is 3. The van der Waals surface area contributed by atoms with Gasteiger partial charge in [0.15, 0.2) is 5.82 Å². The standard InChI is InChI=1S/C17H24N4O4/c1-12(22)20-6-8-21(9-7-20)16-14(3-4-15(19-16)24-2)18-17(23)13-5-10-25-11-13/h3-4,13H,5-11H2,1-2H3,(H,18,23)/t13-/m1/s1. The Morgan fingerprint density at radius 2 is 2.04 bits per heavy atom. The molecule has 0 spiro atoms. The number of pyridine rings is 1. The second kappa shape index (κ2) is 7.69. The summed E-state index contributed by atoms with van der Waals surface area (Å²) in [5.74, 6) is 1.08. The smallest absolute Gasteiger partial charge is 0.230 e. The van der Waals surface area contributed by atoms with Crippen LogP contribution >= 0.6 is 0 Å². The number of carbonyl (C=O) groups is 2. The van der Waals surface area contributed by atoms with E-state index in [-0.39, 0.29) is 17.7 Å². The van der Waals surface area contributed by atoms with Crippen LogP contribution in [0.25, 0.3) is 0 Å². The lowest BCUT2D eigenvalue weighted by Crippen LogP contribution is -2.48. The van der Waals surface area contributed by atoms with E-state index in [2.05, 4.69) is 15.2 Å². The van der Waals surface area contributed by atoms with Crippen molar-refractivity contribution in [1.82, 2.24) is 9.88 Å². The van der Waals surface area contributed by atoms with Gasteiger partial charge in [0.2, 0.25) is 17.7 Å². The number of methoxy groups -OCH3 is 1. The zero-order valence-corrected chi connectivity index (χ0v) is 14.7. The highest BCUT2D eigenvalue weighted by molar-refractivity contribution is 5.95. The van der Waals surface area contributed by atoms with Crippen molar-refractivity contribution in [2.24, 2.45) is 5.92 Å². The fourth-order valence-electron chi connectivity index (χ4n) is 3.09. The molecule has 25 heavy (non-hydrogen) atoms. The number of rotatable bonds is 4. The highest BCUT2D eigenvalue weighted by Gasteiger charge is 2.26. The van der Waals surface area contributed by atoms with E-state index in [9.17, 15) is 9.59 Å². The Hall–Kier alpha value is -2.35. The molecule has 0 unspecified atom stereocenters. The number of anilines is 2. The molecule has 8 nitrogen and oxygen atoms in total. The monoisotopic (exact) mass is 348 g/mol. The van der Waals surface area contributed by atoms with Crippen LogP contribution in [0.4, 0.5) is 11.5 Å². The van der Waals surface area contributed by atoms with Gasteiger partial charge in [0.05, 0.1) is 25.3 Å². The van der Waals surface area contributed by atoms with Gasteiger partial charge in [-0.25, -0.2) is 0 Å². The average Bonchev–Trinajstić information content (AvgIpc) is 3.17. The van der Waals surface area contributed by atoms with E-state index >= 15 is 0 Å². The van der Waals surface area contributed by atoms with Gasteiger partial charge < -0.3 is 24.6 Å². The van der Waals surface area contributed by atoms with Gasteiger partial charge in [0.1, 0.15) is 0 Å². The molecule has 1 atom stereocenters. The number of ether oxygens (including phenoxy) is 2. The maximum atomic E-state index is 12.4. The van der Waals surface area contributed by atoms with E-state index in [1.54, 1.807) is 20.1 Å². The molecule has 1 aromatic rings. The molecule has 0 saturated carbocycles. The number of nitrogens with one attached hydrogen (secondary N) is 1. The van der Waals surface area contributed by atoms with Crippen LogP contribution < -0.4 is 15.0 Å². The largest absolute Gasteiger partial charge is 0.481 e. The second-order valence-electron chi connectivity index (χ2n) is 6.27. The molecule has 2 fully saturated rings. The van der Waals surface area contributed by atoms with Crippen LogP contribution in [0.15, 0.2) is 12.1 Å². The molecule has 0 bridgehead atoms. The first-order valence-corrected chi connectivity index (χ1v) is 8.52. The SMILES string of the molecule is COc1ccc(NC(=O)[C@@H]2CCOC2)c(N2CCN(C(C)=O)CC2)n1. The van der Waals surface area contributed by atoms with Crippen molar-refractivity contribution >= 4 is 23.3 Å². The molecule has 2 amide bonds. The third-order valence-corrected chi connectivity index (χ3v) is 4.64. The highest BCUT2D eigenvalue weighted by Crippen LogP contribution is 2.28. The normalized spacial score (nSPS) is 20.5. The molecule has 8 heteroatoms. The predicted octanol–water partition coefficient (Wildman–Crippen LogP) is 0.734. The summed E-state index contributed by atoms with van der Waals surface area (Å²) in [6.45, 7) is 5.26. The van der Waals surface area contributed by atoms with Crippen LogP contribution in [-0.4, -0.2) is 68.2 Å². The van der Waals surface area contributed by atoms with Crippen LogP contribution in [0.2, 0.25) is 0 Å². The predicted molar refractivity (Wildman–Crippen MR) is 92.8 cm³/mol. The first kappa shape index (κ1) is 17.5. The third kappa shape index (κ3) is 4.01. The van der Waals surface area contributed by atoms with Crippen LogP contribution in [0, 0.1) is 5.92 Å². The minimum absolute atomic E-state index is 0.0481. The maximum absolute atomic E-state index is 12.4. The molecule has 0 aliphatic carbocycles. The van der Waals surface area contributed by atoms with Gasteiger partial charge in [-0.05, 0) is 12.5 Å². The summed E-state index contributed by atoms with van der Waals surface area (Å²) < 4.78 is 10.5. The van der Waals surface area contributed by atoms with Crippen molar-refractivity contribution in [3.63, 3.8) is 0 Å². The number of amides is 2. The molecule has 3 rings (SSSR count). The fraction of sp³-hybridized carbons (Fsp3) is 0.588. The quantitative estimate of drug-likeness (QED) is 0.864. The molecule has 2 saturated heterocycles. The number of piperazine rings is 1.